The number of hydrogen-bond donors (Lipinski definition) is 0. The quantitative estimate of drug-likeness (QED) is 0.596. The van der Waals surface area contributed by atoms with E-state index in [-0.39, 0.29) is 17.2 Å². The fourth-order valence-electron chi connectivity index (χ4n) is 5.55. The van der Waals surface area contributed by atoms with Gasteiger partial charge in [-0.1, -0.05) is 36.8 Å². The van der Waals surface area contributed by atoms with Gasteiger partial charge in [-0.05, 0) is 75.3 Å². The first-order valence-corrected chi connectivity index (χ1v) is 13.5. The van der Waals surface area contributed by atoms with Crippen LogP contribution in [0.15, 0.2) is 48.5 Å². The van der Waals surface area contributed by atoms with Crippen LogP contribution in [-0.2, 0) is 22.4 Å². The molecule has 2 aromatic carbocycles. The molecule has 0 radical (unpaired) electrons. The fraction of sp³-hybridized carbons (Fsp3) is 0.533. The van der Waals surface area contributed by atoms with Crippen LogP contribution < -0.4 is 9.47 Å². The maximum Gasteiger partial charge on any atom is 0.229 e. The Kier molecular flexibility index (Phi) is 8.89. The maximum absolute atomic E-state index is 13.8. The number of carbonyl (C=O) groups is 2. The number of carbonyl (C=O) groups excluding carboxylic acids is 2. The van der Waals surface area contributed by atoms with E-state index >= 15 is 0 Å². The molecule has 0 saturated carbocycles. The molecule has 6 nitrogen and oxygen atoms in total. The van der Waals surface area contributed by atoms with E-state index < -0.39 is 0 Å². The summed E-state index contributed by atoms with van der Waals surface area (Å²) in [6.45, 7) is 7.66. The second-order valence-electron chi connectivity index (χ2n) is 9.96. The van der Waals surface area contributed by atoms with Gasteiger partial charge in [-0.15, -0.1) is 0 Å². The number of aryl methyl sites for hydroxylation is 1. The first kappa shape index (κ1) is 26.1. The highest BCUT2D eigenvalue weighted by Crippen LogP contribution is 2.39. The summed E-state index contributed by atoms with van der Waals surface area (Å²) in [4.78, 5) is 30.8. The Morgan fingerprint density at radius 2 is 1.72 bits per heavy atom. The smallest absolute Gasteiger partial charge is 0.229 e. The number of benzene rings is 2. The number of fused-ring (bicyclic) bond motifs is 1. The lowest BCUT2D eigenvalue weighted by Crippen LogP contribution is -2.52. The molecule has 0 atom stereocenters. The van der Waals surface area contributed by atoms with Crippen LogP contribution in [0, 0.1) is 5.41 Å². The second kappa shape index (κ2) is 12.3. The third kappa shape index (κ3) is 6.21. The number of ether oxygens (including phenoxy) is 2. The Morgan fingerprint density at radius 1 is 0.972 bits per heavy atom. The molecule has 2 heterocycles. The molecule has 1 saturated heterocycles. The number of piperidine rings is 1. The van der Waals surface area contributed by atoms with E-state index in [0.29, 0.717) is 45.8 Å². The molecule has 2 amide bonds. The van der Waals surface area contributed by atoms with Gasteiger partial charge in [-0.25, -0.2) is 0 Å². The Morgan fingerprint density at radius 3 is 2.44 bits per heavy atom. The molecule has 194 valence electrons. The minimum absolute atomic E-state index is 0.131. The van der Waals surface area contributed by atoms with Gasteiger partial charge >= 0.3 is 0 Å². The van der Waals surface area contributed by atoms with E-state index in [9.17, 15) is 9.59 Å². The molecular formula is C30H40N2O4. The van der Waals surface area contributed by atoms with Crippen molar-refractivity contribution in [3.63, 3.8) is 0 Å². The third-order valence-electron chi connectivity index (χ3n) is 7.73. The van der Waals surface area contributed by atoms with Crippen LogP contribution in [0.5, 0.6) is 11.5 Å². The van der Waals surface area contributed by atoms with Crippen LogP contribution in [0.4, 0.5) is 0 Å². The average Bonchev–Trinajstić information content (AvgIpc) is 2.90. The normalized spacial score (nSPS) is 18.6. The monoisotopic (exact) mass is 492 g/mol. The van der Waals surface area contributed by atoms with Gasteiger partial charge in [0.05, 0.1) is 25.0 Å². The summed E-state index contributed by atoms with van der Waals surface area (Å²) in [6.07, 6.45) is 5.71. The number of rotatable bonds is 5. The molecule has 6 heteroatoms. The highest BCUT2D eigenvalue weighted by Gasteiger charge is 2.43. The molecule has 2 aromatic rings. The summed E-state index contributed by atoms with van der Waals surface area (Å²) in [5.41, 5.74) is 1.85. The lowest BCUT2D eigenvalue weighted by atomic mass is 9.73. The first-order chi connectivity index (χ1) is 17.5. The zero-order valence-electron chi connectivity index (χ0n) is 21.8. The van der Waals surface area contributed by atoms with Gasteiger partial charge in [-0.2, -0.15) is 0 Å². The number of hydrogen-bond acceptors (Lipinski definition) is 4. The standard InChI is InChI=1S/C30H40N2O4/c1-3-31-21-22-36-27-11-6-5-9-25(27)10-7-8-16-30(29(31)34)17-19-32(20-18-30)28(33)23-24-12-14-26(15-13-24)35-4-2/h5-6,9,11-15H,3-4,7-8,10,16-23H2,1-2H3. The summed E-state index contributed by atoms with van der Waals surface area (Å²) < 4.78 is 11.6. The zero-order valence-corrected chi connectivity index (χ0v) is 21.8. The molecule has 0 bridgehead atoms. The SMILES string of the molecule is CCOc1ccc(CC(=O)N2CCC3(CCCCc4ccccc4OCCN(CC)C3=O)CC2)cc1. The van der Waals surface area contributed by atoms with E-state index in [2.05, 4.69) is 12.1 Å². The fourth-order valence-corrected chi connectivity index (χ4v) is 5.55. The molecule has 2 aliphatic rings. The van der Waals surface area contributed by atoms with E-state index in [1.54, 1.807) is 0 Å². The Labute approximate surface area is 215 Å². The number of para-hydroxylation sites is 1. The molecule has 0 unspecified atom stereocenters. The first-order valence-electron chi connectivity index (χ1n) is 13.5. The Hall–Kier alpha value is -3.02. The van der Waals surface area contributed by atoms with Gasteiger partial charge in [0.1, 0.15) is 18.1 Å². The Bertz CT molecular complexity index is 1010. The van der Waals surface area contributed by atoms with Crippen molar-refractivity contribution in [3.8, 4) is 11.5 Å². The van der Waals surface area contributed by atoms with Gasteiger partial charge in [0.15, 0.2) is 0 Å². The molecule has 1 spiro atoms. The van der Waals surface area contributed by atoms with Crippen molar-refractivity contribution in [1.82, 2.24) is 9.80 Å². The molecule has 0 aromatic heterocycles. The summed E-state index contributed by atoms with van der Waals surface area (Å²) in [5, 5.41) is 0. The van der Waals surface area contributed by atoms with Crippen LogP contribution in [0.1, 0.15) is 57.1 Å². The molecule has 4 rings (SSSR count). The maximum atomic E-state index is 13.8. The highest BCUT2D eigenvalue weighted by molar-refractivity contribution is 5.84. The van der Waals surface area contributed by atoms with Crippen LogP contribution >= 0.6 is 0 Å². The second-order valence-corrected chi connectivity index (χ2v) is 9.96. The minimum Gasteiger partial charge on any atom is -0.494 e. The summed E-state index contributed by atoms with van der Waals surface area (Å²) in [5.74, 6) is 2.13. The van der Waals surface area contributed by atoms with Crippen molar-refractivity contribution in [2.24, 2.45) is 5.41 Å². The lowest BCUT2D eigenvalue weighted by Gasteiger charge is -2.43. The van der Waals surface area contributed by atoms with E-state index in [0.717, 1.165) is 55.6 Å². The van der Waals surface area contributed by atoms with Crippen molar-refractivity contribution >= 4 is 11.8 Å². The van der Waals surface area contributed by atoms with Crippen LogP contribution in [0.25, 0.3) is 0 Å². The predicted molar refractivity (Wildman–Crippen MR) is 141 cm³/mol. The van der Waals surface area contributed by atoms with Gasteiger partial charge in [-0.3, -0.25) is 9.59 Å². The van der Waals surface area contributed by atoms with Crippen molar-refractivity contribution in [3.05, 3.63) is 59.7 Å². The van der Waals surface area contributed by atoms with Crippen LogP contribution in [-0.4, -0.2) is 61.0 Å². The topological polar surface area (TPSA) is 59.1 Å². The Balaban J connectivity index is 1.40. The summed E-state index contributed by atoms with van der Waals surface area (Å²) in [7, 11) is 0. The molecule has 1 fully saturated rings. The molecule has 0 aliphatic carbocycles. The van der Waals surface area contributed by atoms with Gasteiger partial charge < -0.3 is 19.3 Å². The molecule has 36 heavy (non-hydrogen) atoms. The molecule has 2 aliphatic heterocycles. The van der Waals surface area contributed by atoms with E-state index in [1.165, 1.54) is 5.56 Å². The van der Waals surface area contributed by atoms with E-state index in [1.807, 2.05) is 60.0 Å². The zero-order chi connectivity index (χ0) is 25.4. The van der Waals surface area contributed by atoms with Crippen molar-refractivity contribution in [2.45, 2.75) is 58.8 Å². The van der Waals surface area contributed by atoms with Crippen molar-refractivity contribution < 1.29 is 19.1 Å². The van der Waals surface area contributed by atoms with Crippen LogP contribution in [0.3, 0.4) is 0 Å². The van der Waals surface area contributed by atoms with Crippen molar-refractivity contribution in [1.29, 1.82) is 0 Å². The van der Waals surface area contributed by atoms with Gasteiger partial charge in [0.2, 0.25) is 11.8 Å². The lowest BCUT2D eigenvalue weighted by molar-refractivity contribution is -0.149. The van der Waals surface area contributed by atoms with Gasteiger partial charge in [0.25, 0.3) is 0 Å². The minimum atomic E-state index is -0.384. The third-order valence-corrected chi connectivity index (χ3v) is 7.73. The van der Waals surface area contributed by atoms with Gasteiger partial charge in [0, 0.05) is 19.6 Å². The number of likely N-dealkylation sites (N-methyl/N-ethyl adjacent to an activating group) is 1. The summed E-state index contributed by atoms with van der Waals surface area (Å²) >= 11 is 0. The number of nitrogens with zero attached hydrogens (tertiary/aromatic N) is 2. The predicted octanol–water partition coefficient (Wildman–Crippen LogP) is 4.89. The molecular weight excluding hydrogens is 452 g/mol. The van der Waals surface area contributed by atoms with Crippen molar-refractivity contribution in [2.75, 3.05) is 39.4 Å². The number of likely N-dealkylation sites (tertiary alicyclic amines) is 1. The summed E-state index contributed by atoms with van der Waals surface area (Å²) in [6, 6.07) is 16.0. The number of amides is 2. The van der Waals surface area contributed by atoms with E-state index in [4.69, 9.17) is 9.47 Å². The van der Waals surface area contributed by atoms with Crippen LogP contribution in [0.2, 0.25) is 0 Å². The largest absolute Gasteiger partial charge is 0.494 e. The average molecular weight is 493 g/mol. The highest BCUT2D eigenvalue weighted by atomic mass is 16.5. The molecule has 0 N–H and O–H groups in total.